The monoisotopic (exact) mass is 495 g/mol. The van der Waals surface area contributed by atoms with Crippen molar-refractivity contribution in [1.82, 2.24) is 14.1 Å². The zero-order valence-electron chi connectivity index (χ0n) is 20.9. The molecule has 35 heavy (non-hydrogen) atoms. The van der Waals surface area contributed by atoms with Gasteiger partial charge in [0.25, 0.3) is 15.9 Å². The molecule has 1 N–H and O–H groups in total. The van der Waals surface area contributed by atoms with Crippen LogP contribution in [0.5, 0.6) is 0 Å². The number of rotatable bonds is 6. The van der Waals surface area contributed by atoms with Crippen molar-refractivity contribution in [3.63, 3.8) is 0 Å². The Morgan fingerprint density at radius 3 is 2.40 bits per heavy atom. The van der Waals surface area contributed by atoms with Crippen molar-refractivity contribution in [3.05, 3.63) is 70.9 Å². The van der Waals surface area contributed by atoms with Gasteiger partial charge in [-0.3, -0.25) is 9.48 Å². The van der Waals surface area contributed by atoms with Crippen LogP contribution in [0.25, 0.3) is 0 Å². The van der Waals surface area contributed by atoms with Crippen LogP contribution in [0.3, 0.4) is 0 Å². The number of nitrogens with zero attached hydrogens (tertiary/aromatic N) is 4. The summed E-state index contributed by atoms with van der Waals surface area (Å²) in [6, 6.07) is 13.7. The number of benzene rings is 2. The molecule has 1 aliphatic heterocycles. The van der Waals surface area contributed by atoms with Gasteiger partial charge >= 0.3 is 0 Å². The van der Waals surface area contributed by atoms with Crippen molar-refractivity contribution in [2.45, 2.75) is 38.6 Å². The van der Waals surface area contributed by atoms with E-state index in [0.717, 1.165) is 11.3 Å². The molecule has 1 saturated heterocycles. The van der Waals surface area contributed by atoms with E-state index in [0.29, 0.717) is 37.8 Å². The Hall–Kier alpha value is -3.17. The number of nitrogens with one attached hydrogen (secondary N) is 1. The van der Waals surface area contributed by atoms with E-state index in [-0.39, 0.29) is 10.6 Å². The topological polar surface area (TPSA) is 87.5 Å². The highest BCUT2D eigenvalue weighted by Crippen LogP contribution is 2.27. The molecule has 9 heteroatoms. The molecule has 1 fully saturated rings. The van der Waals surface area contributed by atoms with Crippen LogP contribution in [0.1, 0.15) is 46.8 Å². The van der Waals surface area contributed by atoms with Gasteiger partial charge in [0.15, 0.2) is 0 Å². The van der Waals surface area contributed by atoms with Crippen LogP contribution in [-0.4, -0.2) is 54.6 Å². The van der Waals surface area contributed by atoms with Crippen LogP contribution in [0.4, 0.5) is 11.4 Å². The number of sulfonamides is 1. The SMILES string of the molecule is Cc1cccc(N2CCN(S(=O)(=O)c3nn(C)cc3C(=O)Nc3cccc(C(C)C)c3)CC2)c1C. The maximum atomic E-state index is 13.5. The molecular formula is C26H33N5O3S. The molecule has 1 aliphatic rings. The number of hydrogen-bond donors (Lipinski definition) is 1. The van der Waals surface area contributed by atoms with E-state index in [1.165, 1.54) is 26.3 Å². The van der Waals surface area contributed by atoms with Crippen molar-refractivity contribution < 1.29 is 13.2 Å². The summed E-state index contributed by atoms with van der Waals surface area (Å²) in [6.45, 7) is 10.1. The molecule has 2 heterocycles. The molecule has 186 valence electrons. The molecule has 1 amide bonds. The van der Waals surface area contributed by atoms with Gasteiger partial charge in [0.2, 0.25) is 5.03 Å². The smallest absolute Gasteiger partial charge is 0.263 e. The van der Waals surface area contributed by atoms with Gasteiger partial charge in [0.05, 0.1) is 5.56 Å². The maximum Gasteiger partial charge on any atom is 0.263 e. The van der Waals surface area contributed by atoms with Gasteiger partial charge in [-0.2, -0.15) is 9.40 Å². The number of amides is 1. The summed E-state index contributed by atoms with van der Waals surface area (Å²) < 4.78 is 29.9. The largest absolute Gasteiger partial charge is 0.369 e. The lowest BCUT2D eigenvalue weighted by Gasteiger charge is -2.36. The predicted molar refractivity (Wildman–Crippen MR) is 139 cm³/mol. The summed E-state index contributed by atoms with van der Waals surface area (Å²) in [7, 11) is -2.32. The Bertz CT molecular complexity index is 1340. The molecule has 0 atom stereocenters. The summed E-state index contributed by atoms with van der Waals surface area (Å²) in [5.41, 5.74) is 5.29. The fraction of sp³-hybridized carbons (Fsp3) is 0.385. The van der Waals surface area contributed by atoms with Crippen molar-refractivity contribution in [2.75, 3.05) is 36.4 Å². The first-order chi connectivity index (χ1) is 16.6. The van der Waals surface area contributed by atoms with E-state index in [9.17, 15) is 13.2 Å². The molecule has 0 spiro atoms. The van der Waals surface area contributed by atoms with Crippen molar-refractivity contribution >= 4 is 27.3 Å². The van der Waals surface area contributed by atoms with Crippen LogP contribution in [0, 0.1) is 13.8 Å². The minimum Gasteiger partial charge on any atom is -0.369 e. The third kappa shape index (κ3) is 5.11. The number of piperazine rings is 1. The third-order valence-corrected chi connectivity index (χ3v) is 8.43. The van der Waals surface area contributed by atoms with E-state index in [1.54, 1.807) is 13.1 Å². The Labute approximate surface area is 207 Å². The maximum absolute atomic E-state index is 13.5. The summed E-state index contributed by atoms with van der Waals surface area (Å²) in [5.74, 6) is -0.185. The van der Waals surface area contributed by atoms with Gasteiger partial charge in [-0.25, -0.2) is 8.42 Å². The average molecular weight is 496 g/mol. The number of aromatic nitrogens is 2. The minimum atomic E-state index is -3.94. The Morgan fingerprint density at radius 2 is 1.71 bits per heavy atom. The first-order valence-electron chi connectivity index (χ1n) is 11.8. The normalized spacial score (nSPS) is 15.0. The van der Waals surface area contributed by atoms with Crippen LogP contribution >= 0.6 is 0 Å². The lowest BCUT2D eigenvalue weighted by Crippen LogP contribution is -2.49. The third-order valence-electron chi connectivity index (χ3n) is 6.59. The number of aryl methyl sites for hydroxylation is 2. The lowest BCUT2D eigenvalue weighted by atomic mass is 10.0. The first-order valence-corrected chi connectivity index (χ1v) is 13.3. The Balaban J connectivity index is 1.53. The zero-order valence-corrected chi connectivity index (χ0v) is 21.8. The van der Waals surface area contributed by atoms with Crippen molar-refractivity contribution in [3.8, 4) is 0 Å². The van der Waals surface area contributed by atoms with Crippen LogP contribution in [0.15, 0.2) is 53.7 Å². The fourth-order valence-electron chi connectivity index (χ4n) is 4.36. The van der Waals surface area contributed by atoms with E-state index >= 15 is 0 Å². The number of carbonyl (C=O) groups excluding carboxylic acids is 1. The standard InChI is InChI=1S/C26H33N5O3S/c1-18(2)21-9-7-10-22(16-21)27-25(32)23-17-29(5)28-26(23)35(33,34)31-14-12-30(13-15-31)24-11-6-8-19(3)20(24)4/h6-11,16-18H,12-15H2,1-5H3,(H,27,32). The summed E-state index contributed by atoms with van der Waals surface area (Å²) in [4.78, 5) is 15.3. The molecule has 4 rings (SSSR count). The van der Waals surface area contributed by atoms with Crippen LogP contribution < -0.4 is 10.2 Å². The molecule has 0 radical (unpaired) electrons. The van der Waals surface area contributed by atoms with Gasteiger partial charge in [0, 0.05) is 50.8 Å². The molecule has 0 saturated carbocycles. The number of carbonyl (C=O) groups is 1. The lowest BCUT2D eigenvalue weighted by molar-refractivity contribution is 0.102. The molecule has 2 aromatic carbocycles. The second kappa shape index (κ2) is 9.83. The first kappa shape index (κ1) is 24.9. The summed E-state index contributed by atoms with van der Waals surface area (Å²) in [5, 5.41) is 6.81. The van der Waals surface area contributed by atoms with Crippen LogP contribution in [-0.2, 0) is 17.1 Å². The molecular weight excluding hydrogens is 462 g/mol. The van der Waals surface area contributed by atoms with E-state index in [2.05, 4.69) is 55.1 Å². The van der Waals surface area contributed by atoms with Crippen molar-refractivity contribution in [1.29, 1.82) is 0 Å². The van der Waals surface area contributed by atoms with Gasteiger partial charge in [-0.05, 0) is 54.7 Å². The number of anilines is 2. The highest BCUT2D eigenvalue weighted by atomic mass is 32.2. The van der Waals surface area contributed by atoms with Gasteiger partial charge in [-0.15, -0.1) is 0 Å². The van der Waals surface area contributed by atoms with E-state index < -0.39 is 15.9 Å². The predicted octanol–water partition coefficient (Wildman–Crippen LogP) is 3.92. The summed E-state index contributed by atoms with van der Waals surface area (Å²) >= 11 is 0. The molecule has 0 aliphatic carbocycles. The van der Waals surface area contributed by atoms with Gasteiger partial charge in [-0.1, -0.05) is 38.1 Å². The van der Waals surface area contributed by atoms with Crippen molar-refractivity contribution in [2.24, 2.45) is 7.05 Å². The van der Waals surface area contributed by atoms with E-state index in [4.69, 9.17) is 0 Å². The summed E-state index contributed by atoms with van der Waals surface area (Å²) in [6.07, 6.45) is 1.46. The second-order valence-electron chi connectivity index (χ2n) is 9.37. The zero-order chi connectivity index (χ0) is 25.3. The fourth-order valence-corrected chi connectivity index (χ4v) is 5.90. The quantitative estimate of drug-likeness (QED) is 0.560. The number of hydrogen-bond acceptors (Lipinski definition) is 5. The van der Waals surface area contributed by atoms with E-state index in [1.807, 2.05) is 24.3 Å². The molecule has 0 unspecified atom stereocenters. The molecule has 8 nitrogen and oxygen atoms in total. The molecule has 1 aromatic heterocycles. The molecule has 0 bridgehead atoms. The van der Waals surface area contributed by atoms with Crippen LogP contribution in [0.2, 0.25) is 0 Å². The highest BCUT2D eigenvalue weighted by molar-refractivity contribution is 7.89. The highest BCUT2D eigenvalue weighted by Gasteiger charge is 2.34. The Morgan fingerprint density at radius 1 is 1.03 bits per heavy atom. The van der Waals surface area contributed by atoms with Gasteiger partial charge in [0.1, 0.15) is 0 Å². The minimum absolute atomic E-state index is 0.0411. The van der Waals surface area contributed by atoms with Gasteiger partial charge < -0.3 is 10.2 Å². The second-order valence-corrected chi connectivity index (χ2v) is 11.2. The molecule has 3 aromatic rings. The Kier molecular flexibility index (Phi) is 7.00. The average Bonchev–Trinajstić information content (AvgIpc) is 3.24.